The topological polar surface area (TPSA) is 62.5 Å². The lowest BCUT2D eigenvalue weighted by molar-refractivity contribution is 0.0637. The highest BCUT2D eigenvalue weighted by atomic mass is 79.9. The number of rotatable bonds is 1. The summed E-state index contributed by atoms with van der Waals surface area (Å²) in [4.78, 5) is 17.8. The molecule has 1 fully saturated rings. The summed E-state index contributed by atoms with van der Waals surface area (Å²) in [5, 5.41) is 1.73. The van der Waals surface area contributed by atoms with Crippen LogP contribution in [0.25, 0.3) is 0 Å². The quantitative estimate of drug-likeness (QED) is 0.762. The number of pyridine rings is 1. The fourth-order valence-corrected chi connectivity index (χ4v) is 2.00. The van der Waals surface area contributed by atoms with E-state index in [1.54, 1.807) is 28.4 Å². The predicted octanol–water partition coefficient (Wildman–Crippen LogP) is 0.476. The van der Waals surface area contributed by atoms with E-state index in [-0.39, 0.29) is 5.91 Å². The molecule has 0 aliphatic carbocycles. The van der Waals surface area contributed by atoms with E-state index in [0.717, 1.165) is 4.47 Å². The van der Waals surface area contributed by atoms with Gasteiger partial charge in [0.15, 0.2) is 0 Å². The summed E-state index contributed by atoms with van der Waals surface area (Å²) in [6, 6.07) is 1.78. The zero-order valence-electron chi connectivity index (χ0n) is 8.77. The van der Waals surface area contributed by atoms with Gasteiger partial charge < -0.3 is 4.90 Å². The first-order chi connectivity index (χ1) is 7.66. The molecule has 1 aliphatic rings. The van der Waals surface area contributed by atoms with Crippen LogP contribution in [0.15, 0.2) is 22.9 Å². The van der Waals surface area contributed by atoms with Crippen molar-refractivity contribution in [2.45, 2.75) is 0 Å². The minimum atomic E-state index is 0.0156. The van der Waals surface area contributed by atoms with Crippen LogP contribution in [0.3, 0.4) is 0 Å². The highest BCUT2D eigenvalue weighted by Gasteiger charge is 2.20. The van der Waals surface area contributed by atoms with Gasteiger partial charge in [0.2, 0.25) is 0 Å². The highest BCUT2D eigenvalue weighted by molar-refractivity contribution is 9.10. The first-order valence-electron chi connectivity index (χ1n) is 5.06. The molecule has 0 atom stereocenters. The van der Waals surface area contributed by atoms with Gasteiger partial charge in [0.05, 0.1) is 5.56 Å². The lowest BCUT2D eigenvalue weighted by Gasteiger charge is -2.31. The molecule has 86 valence electrons. The Balaban J connectivity index is 2.08. The second kappa shape index (κ2) is 4.90. The van der Waals surface area contributed by atoms with Crippen LogP contribution in [0.4, 0.5) is 0 Å². The Morgan fingerprint density at radius 2 is 2.00 bits per heavy atom. The molecule has 0 saturated carbocycles. The molecule has 2 rings (SSSR count). The monoisotopic (exact) mass is 284 g/mol. The summed E-state index contributed by atoms with van der Waals surface area (Å²) in [5.74, 6) is 5.65. The number of carbonyl (C=O) groups is 1. The Morgan fingerprint density at radius 1 is 1.31 bits per heavy atom. The Morgan fingerprint density at radius 3 is 2.62 bits per heavy atom. The van der Waals surface area contributed by atoms with E-state index in [1.165, 1.54) is 0 Å². The van der Waals surface area contributed by atoms with Crippen molar-refractivity contribution < 1.29 is 4.79 Å². The van der Waals surface area contributed by atoms with Gasteiger partial charge in [0.1, 0.15) is 0 Å². The largest absolute Gasteiger partial charge is 0.336 e. The van der Waals surface area contributed by atoms with Gasteiger partial charge in [-0.05, 0) is 22.0 Å². The second-order valence-corrected chi connectivity index (χ2v) is 4.64. The molecule has 16 heavy (non-hydrogen) atoms. The lowest BCUT2D eigenvalue weighted by Crippen LogP contribution is -2.51. The Hall–Kier alpha value is -0.980. The van der Waals surface area contributed by atoms with Crippen molar-refractivity contribution in [1.29, 1.82) is 0 Å². The van der Waals surface area contributed by atoms with Crippen molar-refractivity contribution in [2.24, 2.45) is 5.84 Å². The molecule has 2 heterocycles. The van der Waals surface area contributed by atoms with E-state index >= 15 is 0 Å². The number of nitrogens with two attached hydrogens (primary N) is 1. The fraction of sp³-hybridized carbons (Fsp3) is 0.400. The molecule has 1 aromatic rings. The SMILES string of the molecule is NN1CCN(C(=O)c2cncc(Br)c2)CC1. The number of piperazine rings is 1. The summed E-state index contributed by atoms with van der Waals surface area (Å²) in [7, 11) is 0. The van der Waals surface area contributed by atoms with Crippen LogP contribution in [0.5, 0.6) is 0 Å². The maximum Gasteiger partial charge on any atom is 0.255 e. The summed E-state index contributed by atoms with van der Waals surface area (Å²) in [6.45, 7) is 2.77. The third kappa shape index (κ3) is 2.58. The van der Waals surface area contributed by atoms with E-state index < -0.39 is 0 Å². The van der Waals surface area contributed by atoms with Crippen molar-refractivity contribution in [3.63, 3.8) is 0 Å². The molecule has 0 bridgehead atoms. The van der Waals surface area contributed by atoms with Gasteiger partial charge >= 0.3 is 0 Å². The van der Waals surface area contributed by atoms with Crippen LogP contribution < -0.4 is 5.84 Å². The molecule has 0 aromatic carbocycles. The third-order valence-electron chi connectivity index (χ3n) is 2.55. The van der Waals surface area contributed by atoms with Crippen molar-refractivity contribution in [1.82, 2.24) is 14.9 Å². The minimum Gasteiger partial charge on any atom is -0.336 e. The van der Waals surface area contributed by atoms with Gasteiger partial charge in [0, 0.05) is 43.0 Å². The van der Waals surface area contributed by atoms with Crippen LogP contribution in [0, 0.1) is 0 Å². The van der Waals surface area contributed by atoms with Crippen molar-refractivity contribution >= 4 is 21.8 Å². The summed E-state index contributed by atoms with van der Waals surface area (Å²) >= 11 is 3.30. The molecule has 1 saturated heterocycles. The molecule has 5 nitrogen and oxygen atoms in total. The fourth-order valence-electron chi connectivity index (χ4n) is 1.64. The maximum atomic E-state index is 12.1. The first kappa shape index (κ1) is 11.5. The average molecular weight is 285 g/mol. The first-order valence-corrected chi connectivity index (χ1v) is 5.85. The van der Waals surface area contributed by atoms with Crippen molar-refractivity contribution in [3.8, 4) is 0 Å². The lowest BCUT2D eigenvalue weighted by atomic mass is 10.2. The predicted molar refractivity (Wildman–Crippen MR) is 63.6 cm³/mol. The number of hydrazine groups is 1. The standard InChI is InChI=1S/C10H13BrN4O/c11-9-5-8(6-13-7-9)10(16)14-1-3-15(12)4-2-14/h5-7H,1-4,12H2. The van der Waals surface area contributed by atoms with E-state index in [0.29, 0.717) is 31.7 Å². The molecular formula is C10H13BrN4O. The number of aromatic nitrogens is 1. The summed E-state index contributed by atoms with van der Waals surface area (Å²) in [6.07, 6.45) is 3.25. The maximum absolute atomic E-state index is 12.1. The van der Waals surface area contributed by atoms with Crippen LogP contribution in [-0.2, 0) is 0 Å². The van der Waals surface area contributed by atoms with E-state index in [9.17, 15) is 4.79 Å². The van der Waals surface area contributed by atoms with Gasteiger partial charge in [-0.1, -0.05) is 0 Å². The summed E-state index contributed by atoms with van der Waals surface area (Å²) in [5.41, 5.74) is 0.611. The zero-order chi connectivity index (χ0) is 11.5. The van der Waals surface area contributed by atoms with Crippen LogP contribution in [0.2, 0.25) is 0 Å². The van der Waals surface area contributed by atoms with E-state index in [1.807, 2.05) is 0 Å². The number of nitrogens with zero attached hydrogens (tertiary/aromatic N) is 3. The van der Waals surface area contributed by atoms with Crippen molar-refractivity contribution in [2.75, 3.05) is 26.2 Å². The molecule has 0 spiro atoms. The molecular weight excluding hydrogens is 272 g/mol. The van der Waals surface area contributed by atoms with Gasteiger partial charge in [-0.3, -0.25) is 15.6 Å². The van der Waals surface area contributed by atoms with Crippen LogP contribution >= 0.6 is 15.9 Å². The molecule has 2 N–H and O–H groups in total. The second-order valence-electron chi connectivity index (χ2n) is 3.72. The molecule has 6 heteroatoms. The Bertz CT molecular complexity index is 390. The number of halogens is 1. The Kier molecular flexibility index (Phi) is 3.52. The number of carbonyl (C=O) groups excluding carboxylic acids is 1. The number of hydrogen-bond acceptors (Lipinski definition) is 4. The molecule has 1 aliphatic heterocycles. The molecule has 1 aromatic heterocycles. The molecule has 1 amide bonds. The highest BCUT2D eigenvalue weighted by Crippen LogP contribution is 2.12. The van der Waals surface area contributed by atoms with Crippen LogP contribution in [-0.4, -0.2) is 47.0 Å². The smallest absolute Gasteiger partial charge is 0.255 e. The normalized spacial score (nSPS) is 17.5. The van der Waals surface area contributed by atoms with Crippen LogP contribution in [0.1, 0.15) is 10.4 Å². The number of hydrogen-bond donors (Lipinski definition) is 1. The van der Waals surface area contributed by atoms with Gasteiger partial charge in [-0.15, -0.1) is 0 Å². The third-order valence-corrected chi connectivity index (χ3v) is 2.99. The average Bonchev–Trinajstić information content (AvgIpc) is 2.29. The molecule has 0 unspecified atom stereocenters. The Labute approximate surface area is 102 Å². The van der Waals surface area contributed by atoms with E-state index in [4.69, 9.17) is 5.84 Å². The minimum absolute atomic E-state index is 0.0156. The zero-order valence-corrected chi connectivity index (χ0v) is 10.4. The van der Waals surface area contributed by atoms with Gasteiger partial charge in [-0.2, -0.15) is 0 Å². The van der Waals surface area contributed by atoms with Crippen molar-refractivity contribution in [3.05, 3.63) is 28.5 Å². The number of amides is 1. The van der Waals surface area contributed by atoms with E-state index in [2.05, 4.69) is 20.9 Å². The summed E-state index contributed by atoms with van der Waals surface area (Å²) < 4.78 is 0.816. The van der Waals surface area contributed by atoms with Gasteiger partial charge in [0.25, 0.3) is 5.91 Å². The molecule has 0 radical (unpaired) electrons. The van der Waals surface area contributed by atoms with Gasteiger partial charge in [-0.25, -0.2) is 5.01 Å².